The summed E-state index contributed by atoms with van der Waals surface area (Å²) in [6.07, 6.45) is 8.19. The normalized spacial score (nSPS) is 10.6. The molecule has 0 fully saturated rings. The topological polar surface area (TPSA) is 12.0 Å². The van der Waals surface area contributed by atoms with E-state index in [2.05, 4.69) is 30.3 Å². The van der Waals surface area contributed by atoms with Crippen LogP contribution >= 0.6 is 11.3 Å². The lowest BCUT2D eigenvalue weighted by atomic mass is 10.2. The summed E-state index contributed by atoms with van der Waals surface area (Å²) in [5.74, 6) is 0. The largest absolute Gasteiger partial charge is 0.312 e. The minimum Gasteiger partial charge on any atom is -0.312 e. The van der Waals surface area contributed by atoms with Gasteiger partial charge in [-0.1, -0.05) is 19.4 Å². The highest BCUT2D eigenvalue weighted by Gasteiger charge is 2.00. The lowest BCUT2D eigenvalue weighted by Gasteiger charge is -2.04. The molecule has 0 spiro atoms. The van der Waals surface area contributed by atoms with E-state index in [9.17, 15) is 0 Å². The lowest BCUT2D eigenvalue weighted by molar-refractivity contribution is 0.607. The smallest absolute Gasteiger partial charge is 0.0302 e. The highest BCUT2D eigenvalue weighted by atomic mass is 32.1. The molecule has 0 saturated carbocycles. The molecule has 0 aliphatic rings. The third-order valence-corrected chi connectivity index (χ3v) is 3.73. The number of hydrogen-bond acceptors (Lipinski definition) is 2. The van der Waals surface area contributed by atoms with Gasteiger partial charge in [0.15, 0.2) is 0 Å². The molecule has 1 aromatic heterocycles. The first kappa shape index (κ1) is 13.5. The summed E-state index contributed by atoms with van der Waals surface area (Å²) in [7, 11) is 0. The summed E-state index contributed by atoms with van der Waals surface area (Å²) in [6, 6.07) is 2.24. The Kier molecular flexibility index (Phi) is 7.19. The Labute approximate surface area is 104 Å². The zero-order valence-corrected chi connectivity index (χ0v) is 11.1. The molecule has 90 valence electrons. The molecule has 0 saturated heterocycles. The van der Waals surface area contributed by atoms with Crippen molar-refractivity contribution in [1.29, 1.82) is 0 Å². The molecule has 0 aromatic carbocycles. The molecule has 0 aliphatic heterocycles. The van der Waals surface area contributed by atoms with Gasteiger partial charge < -0.3 is 5.32 Å². The average molecular weight is 237 g/mol. The van der Waals surface area contributed by atoms with Gasteiger partial charge in [0.2, 0.25) is 0 Å². The SMILES string of the molecule is C=CCCCCCNCc1sccc1CC. The quantitative estimate of drug-likeness (QED) is 0.502. The molecule has 1 rings (SSSR count). The summed E-state index contributed by atoms with van der Waals surface area (Å²) in [6.45, 7) is 8.14. The van der Waals surface area contributed by atoms with Crippen LogP contribution in [-0.2, 0) is 13.0 Å². The average Bonchev–Trinajstić information content (AvgIpc) is 2.75. The first-order valence-corrected chi connectivity index (χ1v) is 7.13. The van der Waals surface area contributed by atoms with Crippen molar-refractivity contribution in [2.24, 2.45) is 0 Å². The van der Waals surface area contributed by atoms with Crippen molar-refractivity contribution < 1.29 is 0 Å². The molecule has 1 nitrogen and oxygen atoms in total. The van der Waals surface area contributed by atoms with Crippen LogP contribution in [0.25, 0.3) is 0 Å². The van der Waals surface area contributed by atoms with Crippen LogP contribution < -0.4 is 5.32 Å². The van der Waals surface area contributed by atoms with E-state index in [1.165, 1.54) is 29.7 Å². The molecule has 0 unspecified atom stereocenters. The second-order valence-corrected chi connectivity index (χ2v) is 5.04. The molecule has 1 heterocycles. The van der Waals surface area contributed by atoms with Crippen molar-refractivity contribution in [3.8, 4) is 0 Å². The molecular weight excluding hydrogens is 214 g/mol. The second kappa shape index (κ2) is 8.54. The Balaban J connectivity index is 2.05. The molecule has 0 amide bonds. The highest BCUT2D eigenvalue weighted by molar-refractivity contribution is 7.10. The molecule has 2 heteroatoms. The van der Waals surface area contributed by atoms with Gasteiger partial charge >= 0.3 is 0 Å². The Bertz CT molecular complexity index is 291. The molecule has 1 N–H and O–H groups in total. The van der Waals surface area contributed by atoms with Crippen molar-refractivity contribution in [2.75, 3.05) is 6.54 Å². The van der Waals surface area contributed by atoms with E-state index in [4.69, 9.17) is 0 Å². The van der Waals surface area contributed by atoms with E-state index in [0.717, 1.165) is 25.9 Å². The van der Waals surface area contributed by atoms with Crippen molar-refractivity contribution in [2.45, 2.75) is 45.6 Å². The number of aryl methyl sites for hydroxylation is 1. The summed E-state index contributed by atoms with van der Waals surface area (Å²) in [5.41, 5.74) is 1.50. The fourth-order valence-electron chi connectivity index (χ4n) is 1.75. The van der Waals surface area contributed by atoms with E-state index in [0.29, 0.717) is 0 Å². The van der Waals surface area contributed by atoms with E-state index in [1.54, 1.807) is 0 Å². The van der Waals surface area contributed by atoms with Gasteiger partial charge in [-0.05, 0) is 49.2 Å². The van der Waals surface area contributed by atoms with Gasteiger partial charge in [-0.15, -0.1) is 17.9 Å². The monoisotopic (exact) mass is 237 g/mol. The number of hydrogen-bond donors (Lipinski definition) is 1. The molecule has 0 atom stereocenters. The Morgan fingerprint density at radius 2 is 2.25 bits per heavy atom. The van der Waals surface area contributed by atoms with Gasteiger partial charge in [0, 0.05) is 11.4 Å². The van der Waals surface area contributed by atoms with Crippen molar-refractivity contribution in [3.63, 3.8) is 0 Å². The minimum atomic E-state index is 1.04. The van der Waals surface area contributed by atoms with Crippen LogP contribution in [0, 0.1) is 0 Å². The van der Waals surface area contributed by atoms with Crippen LogP contribution in [0.2, 0.25) is 0 Å². The van der Waals surface area contributed by atoms with Gasteiger partial charge in [0.05, 0.1) is 0 Å². The van der Waals surface area contributed by atoms with Gasteiger partial charge in [0.1, 0.15) is 0 Å². The summed E-state index contributed by atoms with van der Waals surface area (Å²) in [4.78, 5) is 1.51. The Morgan fingerprint density at radius 3 is 3.00 bits per heavy atom. The third-order valence-electron chi connectivity index (χ3n) is 2.77. The molecule has 0 radical (unpaired) electrons. The molecule has 16 heavy (non-hydrogen) atoms. The minimum absolute atomic E-state index is 1.04. The number of allylic oxidation sites excluding steroid dienone is 1. The number of unbranched alkanes of at least 4 members (excludes halogenated alkanes) is 3. The van der Waals surface area contributed by atoms with Gasteiger partial charge in [-0.25, -0.2) is 0 Å². The first-order valence-electron chi connectivity index (χ1n) is 6.25. The number of rotatable bonds is 9. The maximum absolute atomic E-state index is 3.73. The Morgan fingerprint density at radius 1 is 1.38 bits per heavy atom. The fourth-order valence-corrected chi connectivity index (χ4v) is 2.70. The first-order chi connectivity index (χ1) is 7.88. The van der Waals surface area contributed by atoms with E-state index >= 15 is 0 Å². The third kappa shape index (κ3) is 4.95. The van der Waals surface area contributed by atoms with Crippen molar-refractivity contribution in [1.82, 2.24) is 5.32 Å². The van der Waals surface area contributed by atoms with Crippen LogP contribution in [0.4, 0.5) is 0 Å². The van der Waals surface area contributed by atoms with E-state index in [-0.39, 0.29) is 0 Å². The van der Waals surface area contributed by atoms with Gasteiger partial charge in [0.25, 0.3) is 0 Å². The standard InChI is InChI=1S/C14H23NS/c1-3-5-6-7-8-10-15-12-14-13(4-2)9-11-16-14/h3,9,11,15H,1,4-8,10,12H2,2H3. The maximum Gasteiger partial charge on any atom is 0.0302 e. The highest BCUT2D eigenvalue weighted by Crippen LogP contribution is 2.16. The van der Waals surface area contributed by atoms with Crippen molar-refractivity contribution in [3.05, 3.63) is 34.5 Å². The zero-order valence-electron chi connectivity index (χ0n) is 10.3. The van der Waals surface area contributed by atoms with E-state index < -0.39 is 0 Å². The predicted octanol–water partition coefficient (Wildman–Crippen LogP) is 4.15. The lowest BCUT2D eigenvalue weighted by Crippen LogP contribution is -2.14. The molecule has 0 bridgehead atoms. The number of nitrogens with one attached hydrogen (secondary N) is 1. The summed E-state index contributed by atoms with van der Waals surface area (Å²) >= 11 is 1.87. The van der Waals surface area contributed by atoms with Crippen LogP contribution in [0.3, 0.4) is 0 Å². The van der Waals surface area contributed by atoms with Gasteiger partial charge in [-0.2, -0.15) is 0 Å². The summed E-state index contributed by atoms with van der Waals surface area (Å²) < 4.78 is 0. The predicted molar refractivity (Wildman–Crippen MR) is 74.1 cm³/mol. The second-order valence-electron chi connectivity index (χ2n) is 4.04. The van der Waals surface area contributed by atoms with Crippen molar-refractivity contribution >= 4 is 11.3 Å². The Hall–Kier alpha value is -0.600. The maximum atomic E-state index is 3.73. The van der Waals surface area contributed by atoms with Crippen LogP contribution in [0.1, 0.15) is 43.0 Å². The molecule has 1 aromatic rings. The molecule has 0 aliphatic carbocycles. The number of thiophene rings is 1. The molecular formula is C14H23NS. The fraction of sp³-hybridized carbons (Fsp3) is 0.571. The van der Waals surface area contributed by atoms with Gasteiger partial charge in [-0.3, -0.25) is 0 Å². The zero-order chi connectivity index (χ0) is 11.6. The summed E-state index contributed by atoms with van der Waals surface area (Å²) in [5, 5.41) is 5.72. The van der Waals surface area contributed by atoms with Crippen LogP contribution in [0.5, 0.6) is 0 Å². The van der Waals surface area contributed by atoms with E-state index in [1.807, 2.05) is 17.4 Å². The van der Waals surface area contributed by atoms with Crippen LogP contribution in [0.15, 0.2) is 24.1 Å². The van der Waals surface area contributed by atoms with Crippen LogP contribution in [-0.4, -0.2) is 6.54 Å².